The number of likely N-dealkylation sites (N-methyl/N-ethyl adjacent to an activating group) is 1. The number of rotatable bonds is 12. The Morgan fingerprint density at radius 3 is 2.48 bits per heavy atom. The summed E-state index contributed by atoms with van der Waals surface area (Å²) in [6.45, 7) is 15.1. The highest BCUT2D eigenvalue weighted by molar-refractivity contribution is 8.00. The van der Waals surface area contributed by atoms with Crippen LogP contribution < -0.4 is 24.6 Å². The number of nitrogens with zero attached hydrogens (tertiary/aromatic N) is 8. The van der Waals surface area contributed by atoms with Crippen LogP contribution in [0.5, 0.6) is 5.75 Å². The number of aryl methyl sites for hydroxylation is 1. The molecular formula is C36H48N10OS. The van der Waals surface area contributed by atoms with Crippen LogP contribution in [0.25, 0.3) is 17.1 Å². The second kappa shape index (κ2) is 15.4. The van der Waals surface area contributed by atoms with Gasteiger partial charge in [-0.05, 0) is 50.1 Å². The zero-order valence-corrected chi connectivity index (χ0v) is 29.7. The lowest BCUT2D eigenvalue weighted by molar-refractivity contribution is 0.0982. The van der Waals surface area contributed by atoms with Gasteiger partial charge in [0.2, 0.25) is 5.95 Å². The third kappa shape index (κ3) is 7.30. The van der Waals surface area contributed by atoms with Crippen LogP contribution in [0, 0.1) is 0 Å². The Hall–Kier alpha value is -4.13. The first-order chi connectivity index (χ1) is 23.4. The van der Waals surface area contributed by atoms with Gasteiger partial charge in [0.15, 0.2) is 0 Å². The van der Waals surface area contributed by atoms with Crippen LogP contribution in [0.3, 0.4) is 0 Å². The van der Waals surface area contributed by atoms with Gasteiger partial charge in [0.05, 0.1) is 29.7 Å². The minimum absolute atomic E-state index is 0.461. The van der Waals surface area contributed by atoms with E-state index in [1.54, 1.807) is 43.7 Å². The van der Waals surface area contributed by atoms with Gasteiger partial charge < -0.3 is 29.5 Å². The molecule has 6 rings (SSSR count). The lowest BCUT2D eigenvalue weighted by Gasteiger charge is -2.43. The monoisotopic (exact) mass is 668 g/mol. The fourth-order valence-corrected chi connectivity index (χ4v) is 7.47. The lowest BCUT2D eigenvalue weighted by atomic mass is 9.99. The molecule has 2 fully saturated rings. The van der Waals surface area contributed by atoms with Crippen molar-refractivity contribution in [3.8, 4) is 5.75 Å². The fraction of sp³-hybridized carbons (Fsp3) is 0.444. The van der Waals surface area contributed by atoms with Gasteiger partial charge in [-0.1, -0.05) is 38.5 Å². The molecule has 11 nitrogen and oxygen atoms in total. The van der Waals surface area contributed by atoms with Gasteiger partial charge >= 0.3 is 0 Å². The van der Waals surface area contributed by atoms with Gasteiger partial charge in [-0.25, -0.2) is 4.98 Å². The number of aromatic nitrogens is 4. The minimum Gasteiger partial charge on any atom is -0.494 e. The third-order valence-corrected chi connectivity index (χ3v) is 10.3. The topological polar surface area (TPSA) is 97.8 Å². The maximum absolute atomic E-state index is 5.94. The van der Waals surface area contributed by atoms with Crippen LogP contribution in [-0.4, -0.2) is 102 Å². The molecule has 2 aliphatic heterocycles. The van der Waals surface area contributed by atoms with E-state index in [-0.39, 0.29) is 0 Å². The van der Waals surface area contributed by atoms with E-state index in [0.29, 0.717) is 17.8 Å². The Morgan fingerprint density at radius 2 is 1.77 bits per heavy atom. The van der Waals surface area contributed by atoms with Gasteiger partial charge in [-0.2, -0.15) is 4.98 Å². The molecule has 48 heavy (non-hydrogen) atoms. The summed E-state index contributed by atoms with van der Waals surface area (Å²) >= 11 is 1.70. The Balaban J connectivity index is 1.24. The largest absolute Gasteiger partial charge is 0.494 e. The van der Waals surface area contributed by atoms with E-state index in [1.165, 1.54) is 50.3 Å². The summed E-state index contributed by atoms with van der Waals surface area (Å²) in [5, 5.41) is 7.01. The minimum atomic E-state index is 0.461. The number of ether oxygens (including phenoxy) is 1. The van der Waals surface area contributed by atoms with Crippen molar-refractivity contribution >= 4 is 63.6 Å². The summed E-state index contributed by atoms with van der Waals surface area (Å²) in [6, 6.07) is 9.03. The molecule has 2 saturated heterocycles. The van der Waals surface area contributed by atoms with Crippen molar-refractivity contribution < 1.29 is 4.74 Å². The molecular weight excluding hydrogens is 621 g/mol. The number of hydrogen-bond donors (Lipinski definition) is 2. The molecule has 2 aromatic heterocycles. The predicted molar refractivity (Wildman–Crippen MR) is 201 cm³/mol. The highest BCUT2D eigenvalue weighted by atomic mass is 32.2. The summed E-state index contributed by atoms with van der Waals surface area (Å²) in [7, 11) is 5.99. The van der Waals surface area contributed by atoms with Crippen LogP contribution >= 0.6 is 11.9 Å². The summed E-state index contributed by atoms with van der Waals surface area (Å²) in [4.78, 5) is 26.4. The van der Waals surface area contributed by atoms with Gasteiger partial charge in [0.25, 0.3) is 0 Å². The van der Waals surface area contributed by atoms with Crippen LogP contribution in [0.4, 0.5) is 34.5 Å². The molecule has 0 unspecified atom stereocenters. The maximum atomic E-state index is 5.94. The summed E-state index contributed by atoms with van der Waals surface area (Å²) in [5.41, 5.74) is 7.60. The van der Waals surface area contributed by atoms with Crippen LogP contribution in [0.1, 0.15) is 37.8 Å². The quantitative estimate of drug-likeness (QED) is 0.163. The first-order valence-electron chi connectivity index (χ1n) is 16.9. The van der Waals surface area contributed by atoms with Crippen molar-refractivity contribution in [2.75, 3.05) is 86.1 Å². The van der Waals surface area contributed by atoms with Crippen LogP contribution in [0.15, 0.2) is 49.4 Å². The van der Waals surface area contributed by atoms with Gasteiger partial charge in [-0.15, -0.1) is 0 Å². The van der Waals surface area contributed by atoms with E-state index in [0.717, 1.165) is 64.7 Å². The standard InChI is InChI=1S/C36H48N10OS/c1-7-25-22-30(32(47-6)23-31(25)46-16-12-27(13-17-46)45-20-18-43(4)19-21-45)41-36-39-24-26(8-2)35(42-36)40-29-11-10-28-33(38-15-14-37-28)34(29)44(5)48-9-3/h8,10-11,14-15,22-24,27H,2,7,9,12-13,16-21H2,1,3-6H3,(H2,39,40,41,42). The second-order valence-corrected chi connectivity index (χ2v) is 13.7. The van der Waals surface area contributed by atoms with Gasteiger partial charge in [0.1, 0.15) is 17.1 Å². The number of anilines is 6. The number of fused-ring (bicyclic) bond motifs is 1. The molecule has 0 spiro atoms. The smallest absolute Gasteiger partial charge is 0.229 e. The van der Waals surface area contributed by atoms with Crippen molar-refractivity contribution in [1.29, 1.82) is 0 Å². The van der Waals surface area contributed by atoms with E-state index in [1.807, 2.05) is 19.2 Å². The van der Waals surface area contributed by atoms with Crippen molar-refractivity contribution in [2.45, 2.75) is 39.2 Å². The fourth-order valence-electron chi connectivity index (χ4n) is 6.77. The summed E-state index contributed by atoms with van der Waals surface area (Å²) in [5.74, 6) is 2.78. The van der Waals surface area contributed by atoms with Gasteiger partial charge in [-0.3, -0.25) is 14.9 Å². The molecule has 0 aliphatic carbocycles. The molecule has 0 bridgehead atoms. The number of piperidine rings is 1. The normalized spacial score (nSPS) is 16.2. The Bertz CT molecular complexity index is 1720. The molecule has 0 saturated carbocycles. The first-order valence-corrected chi connectivity index (χ1v) is 17.9. The van der Waals surface area contributed by atoms with E-state index in [4.69, 9.17) is 9.72 Å². The second-order valence-electron chi connectivity index (χ2n) is 12.3. The molecule has 2 aliphatic rings. The van der Waals surface area contributed by atoms with Crippen molar-refractivity contribution in [1.82, 2.24) is 29.7 Å². The molecule has 4 aromatic rings. The average Bonchev–Trinajstić information content (AvgIpc) is 3.12. The average molecular weight is 669 g/mol. The molecule has 0 amide bonds. The van der Waals surface area contributed by atoms with E-state index < -0.39 is 0 Å². The molecule has 254 valence electrons. The SMILES string of the molecule is C=Cc1cnc(Nc2cc(CC)c(N3CCC(N4CCN(C)CC4)CC3)cc2OC)nc1Nc1ccc2nccnc2c1N(C)SCC. The Kier molecular flexibility index (Phi) is 10.8. The number of methoxy groups -OCH3 is 1. The van der Waals surface area contributed by atoms with E-state index in [2.05, 4.69) is 84.2 Å². The molecule has 2 aromatic carbocycles. The molecule has 0 radical (unpaired) electrons. The highest BCUT2D eigenvalue weighted by Crippen LogP contribution is 2.39. The number of nitrogens with one attached hydrogen (secondary N) is 2. The Labute approximate surface area is 288 Å². The van der Waals surface area contributed by atoms with Gasteiger partial charge in [0, 0.05) is 94.0 Å². The first kappa shape index (κ1) is 33.8. The lowest BCUT2D eigenvalue weighted by Crippen LogP contribution is -2.52. The zero-order valence-electron chi connectivity index (χ0n) is 28.9. The molecule has 0 atom stereocenters. The maximum Gasteiger partial charge on any atom is 0.229 e. The number of benzene rings is 2. The van der Waals surface area contributed by atoms with E-state index >= 15 is 0 Å². The van der Waals surface area contributed by atoms with Crippen molar-refractivity contribution in [3.05, 3.63) is 60.6 Å². The van der Waals surface area contributed by atoms with Crippen LogP contribution in [0.2, 0.25) is 0 Å². The van der Waals surface area contributed by atoms with Crippen LogP contribution in [-0.2, 0) is 6.42 Å². The molecule has 4 heterocycles. The van der Waals surface area contributed by atoms with Crippen molar-refractivity contribution in [3.63, 3.8) is 0 Å². The zero-order chi connectivity index (χ0) is 33.6. The molecule has 2 N–H and O–H groups in total. The third-order valence-electron chi connectivity index (χ3n) is 9.43. The van der Waals surface area contributed by atoms with Crippen molar-refractivity contribution in [2.24, 2.45) is 0 Å². The summed E-state index contributed by atoms with van der Waals surface area (Å²) < 4.78 is 8.07. The predicted octanol–water partition coefficient (Wildman–Crippen LogP) is 6.44. The number of hydrogen-bond acceptors (Lipinski definition) is 12. The molecule has 12 heteroatoms. The number of piperazine rings is 1. The Morgan fingerprint density at radius 1 is 1.00 bits per heavy atom. The summed E-state index contributed by atoms with van der Waals surface area (Å²) in [6.07, 6.45) is 10.3. The highest BCUT2D eigenvalue weighted by Gasteiger charge is 2.28. The van der Waals surface area contributed by atoms with E-state index in [9.17, 15) is 0 Å².